The van der Waals surface area contributed by atoms with E-state index in [0.29, 0.717) is 30.7 Å². The van der Waals surface area contributed by atoms with Crippen LogP contribution in [0.2, 0.25) is 0 Å². The molecule has 0 fully saturated rings. The number of benzene rings is 1. The molecule has 7 nitrogen and oxygen atoms in total. The number of hydrogen-bond acceptors (Lipinski definition) is 6. The SMILES string of the molecule is CCC1=C(C(=O)N2Cc3nc4ccc(O)cc4c(CC)c3C2)COC(=O)[C@]1(O)CC. The second kappa shape index (κ2) is 7.40. The van der Waals surface area contributed by atoms with Crippen LogP contribution in [0.3, 0.4) is 0 Å². The molecule has 2 aliphatic heterocycles. The Balaban J connectivity index is 1.74. The number of fused-ring (bicyclic) bond motifs is 2. The molecule has 0 saturated heterocycles. The summed E-state index contributed by atoms with van der Waals surface area (Å²) in [6.07, 6.45) is 1.30. The molecule has 0 bridgehead atoms. The Kier molecular flexibility index (Phi) is 5.02. The molecule has 0 radical (unpaired) electrons. The minimum Gasteiger partial charge on any atom is -0.508 e. The molecular formula is C23H26N2O5. The van der Waals surface area contributed by atoms with Crippen LogP contribution in [-0.4, -0.2) is 44.2 Å². The van der Waals surface area contributed by atoms with Crippen LogP contribution in [0, 0.1) is 0 Å². The molecule has 30 heavy (non-hydrogen) atoms. The van der Waals surface area contributed by atoms with Crippen molar-refractivity contribution in [2.24, 2.45) is 0 Å². The number of rotatable bonds is 4. The van der Waals surface area contributed by atoms with Crippen LogP contribution in [0.15, 0.2) is 29.3 Å². The van der Waals surface area contributed by atoms with Gasteiger partial charge in [-0.25, -0.2) is 4.79 Å². The van der Waals surface area contributed by atoms with E-state index in [2.05, 4.69) is 0 Å². The zero-order valence-electron chi connectivity index (χ0n) is 17.5. The largest absolute Gasteiger partial charge is 0.508 e. The molecule has 0 unspecified atom stereocenters. The van der Waals surface area contributed by atoms with Gasteiger partial charge in [-0.2, -0.15) is 0 Å². The number of nitrogens with zero attached hydrogens (tertiary/aromatic N) is 2. The topological polar surface area (TPSA) is 100.0 Å². The lowest BCUT2D eigenvalue weighted by Gasteiger charge is -2.34. The third kappa shape index (κ3) is 2.96. The van der Waals surface area contributed by atoms with E-state index in [-0.39, 0.29) is 24.7 Å². The fraction of sp³-hybridized carbons (Fsp3) is 0.435. The number of esters is 1. The highest BCUT2D eigenvalue weighted by Crippen LogP contribution is 2.36. The van der Waals surface area contributed by atoms with E-state index in [1.165, 1.54) is 0 Å². The number of aromatic nitrogens is 1. The van der Waals surface area contributed by atoms with Gasteiger partial charge in [0.25, 0.3) is 5.91 Å². The summed E-state index contributed by atoms with van der Waals surface area (Å²) >= 11 is 0. The summed E-state index contributed by atoms with van der Waals surface area (Å²) in [6, 6.07) is 5.11. The molecule has 4 rings (SSSR count). The molecule has 1 atom stereocenters. The average molecular weight is 410 g/mol. The molecule has 158 valence electrons. The Hall–Kier alpha value is -2.93. The maximum Gasteiger partial charge on any atom is 0.342 e. The number of amides is 1. The van der Waals surface area contributed by atoms with Gasteiger partial charge in [0.2, 0.25) is 0 Å². The highest BCUT2D eigenvalue weighted by molar-refractivity contribution is 5.99. The number of carbonyl (C=O) groups excluding carboxylic acids is 2. The highest BCUT2D eigenvalue weighted by Gasteiger charge is 2.46. The van der Waals surface area contributed by atoms with Crippen molar-refractivity contribution in [1.29, 1.82) is 0 Å². The Labute approximate surface area is 175 Å². The van der Waals surface area contributed by atoms with Crippen LogP contribution in [0.25, 0.3) is 10.9 Å². The number of pyridine rings is 1. The van der Waals surface area contributed by atoms with Gasteiger partial charge in [-0.3, -0.25) is 9.78 Å². The van der Waals surface area contributed by atoms with Gasteiger partial charge in [0.1, 0.15) is 12.4 Å². The Morgan fingerprint density at radius 3 is 2.67 bits per heavy atom. The molecule has 0 spiro atoms. The van der Waals surface area contributed by atoms with E-state index >= 15 is 0 Å². The lowest BCUT2D eigenvalue weighted by atomic mass is 9.83. The first-order valence-corrected chi connectivity index (χ1v) is 10.4. The van der Waals surface area contributed by atoms with E-state index < -0.39 is 11.6 Å². The van der Waals surface area contributed by atoms with E-state index in [9.17, 15) is 19.8 Å². The van der Waals surface area contributed by atoms with Gasteiger partial charge in [0.15, 0.2) is 5.60 Å². The van der Waals surface area contributed by atoms with Crippen molar-refractivity contribution in [3.8, 4) is 5.75 Å². The van der Waals surface area contributed by atoms with Crippen molar-refractivity contribution in [2.75, 3.05) is 6.61 Å². The summed E-state index contributed by atoms with van der Waals surface area (Å²) in [4.78, 5) is 32.0. The van der Waals surface area contributed by atoms with Gasteiger partial charge in [-0.05, 0) is 54.2 Å². The number of ether oxygens (including phenoxy) is 1. The second-order valence-corrected chi connectivity index (χ2v) is 7.83. The molecule has 7 heteroatoms. The summed E-state index contributed by atoms with van der Waals surface area (Å²) < 4.78 is 5.17. The Morgan fingerprint density at radius 2 is 2.00 bits per heavy atom. The van der Waals surface area contributed by atoms with Crippen molar-refractivity contribution < 1.29 is 24.5 Å². The van der Waals surface area contributed by atoms with Crippen molar-refractivity contribution in [3.63, 3.8) is 0 Å². The van der Waals surface area contributed by atoms with E-state index in [4.69, 9.17) is 9.72 Å². The first kappa shape index (κ1) is 20.3. The normalized spacial score (nSPS) is 21.2. The van der Waals surface area contributed by atoms with Gasteiger partial charge in [0.05, 0.1) is 23.3 Å². The smallest absolute Gasteiger partial charge is 0.342 e. The van der Waals surface area contributed by atoms with Crippen molar-refractivity contribution in [3.05, 3.63) is 46.2 Å². The summed E-state index contributed by atoms with van der Waals surface area (Å²) in [7, 11) is 0. The first-order valence-electron chi connectivity index (χ1n) is 10.4. The molecule has 2 N–H and O–H groups in total. The number of phenols is 1. The maximum atomic E-state index is 13.4. The molecule has 1 aromatic heterocycles. The minimum atomic E-state index is -1.75. The van der Waals surface area contributed by atoms with Gasteiger partial charge < -0.3 is 19.8 Å². The van der Waals surface area contributed by atoms with E-state index in [1.807, 2.05) is 13.8 Å². The van der Waals surface area contributed by atoms with Crippen molar-refractivity contribution in [2.45, 2.75) is 58.7 Å². The molecule has 0 saturated carbocycles. The van der Waals surface area contributed by atoms with Gasteiger partial charge >= 0.3 is 5.97 Å². The van der Waals surface area contributed by atoms with Crippen LogP contribution < -0.4 is 0 Å². The third-order valence-electron chi connectivity index (χ3n) is 6.28. The number of phenolic OH excluding ortho intramolecular Hbond substituents is 1. The van der Waals surface area contributed by atoms with Crippen LogP contribution >= 0.6 is 0 Å². The number of hydrogen-bond donors (Lipinski definition) is 2. The van der Waals surface area contributed by atoms with Crippen molar-refractivity contribution in [1.82, 2.24) is 9.88 Å². The number of aromatic hydroxyl groups is 1. The van der Waals surface area contributed by atoms with Crippen LogP contribution in [-0.2, 0) is 33.8 Å². The van der Waals surface area contributed by atoms with Crippen LogP contribution in [0.1, 0.15) is 50.4 Å². The predicted octanol–water partition coefficient (Wildman–Crippen LogP) is 2.75. The summed E-state index contributed by atoms with van der Waals surface area (Å²) in [5.41, 5.74) is 2.76. The van der Waals surface area contributed by atoms with Crippen LogP contribution in [0.4, 0.5) is 0 Å². The standard InChI is InChI=1S/C23H26N2O5/c1-4-14-15-9-13(26)7-8-19(15)24-20-11-25(10-16(14)20)21(27)17-12-30-22(28)23(29,6-3)18(17)5-2/h7-9,26,29H,4-6,10-12H2,1-3H3/t23-/m0/s1. The maximum absolute atomic E-state index is 13.4. The Bertz CT molecular complexity index is 1090. The lowest BCUT2D eigenvalue weighted by Crippen LogP contribution is -2.48. The molecule has 3 heterocycles. The summed E-state index contributed by atoms with van der Waals surface area (Å²) in [5.74, 6) is -0.743. The fourth-order valence-electron chi connectivity index (χ4n) is 4.67. The fourth-order valence-corrected chi connectivity index (χ4v) is 4.67. The number of cyclic esters (lactones) is 1. The summed E-state index contributed by atoms with van der Waals surface area (Å²) in [6.45, 7) is 6.21. The predicted molar refractivity (Wildman–Crippen MR) is 111 cm³/mol. The monoisotopic (exact) mass is 410 g/mol. The lowest BCUT2D eigenvalue weighted by molar-refractivity contribution is -0.164. The van der Waals surface area contributed by atoms with Crippen molar-refractivity contribution >= 4 is 22.8 Å². The van der Waals surface area contributed by atoms with Gasteiger partial charge in [0, 0.05) is 11.9 Å². The zero-order valence-corrected chi connectivity index (χ0v) is 17.5. The molecular weight excluding hydrogens is 384 g/mol. The third-order valence-corrected chi connectivity index (χ3v) is 6.28. The number of carbonyl (C=O) groups is 2. The first-order chi connectivity index (χ1) is 14.3. The zero-order chi connectivity index (χ0) is 21.6. The number of aryl methyl sites for hydroxylation is 1. The average Bonchev–Trinajstić information content (AvgIpc) is 3.17. The quantitative estimate of drug-likeness (QED) is 0.752. The molecule has 1 amide bonds. The van der Waals surface area contributed by atoms with Crippen LogP contribution in [0.5, 0.6) is 5.75 Å². The van der Waals surface area contributed by atoms with E-state index in [0.717, 1.165) is 34.1 Å². The molecule has 0 aliphatic carbocycles. The van der Waals surface area contributed by atoms with Gasteiger partial charge in [-0.1, -0.05) is 20.8 Å². The Morgan fingerprint density at radius 1 is 1.23 bits per heavy atom. The summed E-state index contributed by atoms with van der Waals surface area (Å²) in [5, 5.41) is 21.6. The number of aliphatic hydroxyl groups is 1. The molecule has 1 aromatic carbocycles. The minimum absolute atomic E-state index is 0.125. The van der Waals surface area contributed by atoms with E-state index in [1.54, 1.807) is 30.0 Å². The molecule has 2 aromatic rings. The molecule has 2 aliphatic rings. The van der Waals surface area contributed by atoms with Gasteiger partial charge in [-0.15, -0.1) is 0 Å². The highest BCUT2D eigenvalue weighted by atomic mass is 16.6. The second-order valence-electron chi connectivity index (χ2n) is 7.83.